The van der Waals surface area contributed by atoms with Gasteiger partial charge in [0.15, 0.2) is 11.6 Å². The lowest BCUT2D eigenvalue weighted by Gasteiger charge is -2.10. The highest BCUT2D eigenvalue weighted by Crippen LogP contribution is 2.17. The lowest BCUT2D eigenvalue weighted by Crippen LogP contribution is -2.30. The van der Waals surface area contributed by atoms with Crippen LogP contribution in [0.3, 0.4) is 0 Å². The summed E-state index contributed by atoms with van der Waals surface area (Å²) in [6.45, 7) is 0.591. The summed E-state index contributed by atoms with van der Waals surface area (Å²) in [5, 5.41) is 1.93. The SMILES string of the molecule is O=C1CC=Cc2c1ccc1c2=C2CN=CN=C2N=1. The number of carbonyl (C=O) groups is 1. The minimum absolute atomic E-state index is 0.167. The van der Waals surface area contributed by atoms with Gasteiger partial charge in [-0.05, 0) is 17.7 Å². The van der Waals surface area contributed by atoms with E-state index in [1.54, 1.807) is 6.34 Å². The molecular weight excluding hydrogens is 226 g/mol. The Bertz CT molecular complexity index is 797. The van der Waals surface area contributed by atoms with Gasteiger partial charge in [0.25, 0.3) is 0 Å². The number of allylic oxidation sites excluding steroid dienone is 1. The molecule has 0 radical (unpaired) electrons. The summed E-state index contributed by atoms with van der Waals surface area (Å²) in [6.07, 6.45) is 5.95. The first-order valence-corrected chi connectivity index (χ1v) is 5.86. The predicted octanol–water partition coefficient (Wildman–Crippen LogP) is 0.511. The zero-order valence-corrected chi connectivity index (χ0v) is 9.55. The van der Waals surface area contributed by atoms with Crippen LogP contribution in [0.25, 0.3) is 11.6 Å². The molecule has 0 N–H and O–H groups in total. The van der Waals surface area contributed by atoms with Crippen molar-refractivity contribution in [2.45, 2.75) is 6.42 Å². The zero-order valence-electron chi connectivity index (χ0n) is 9.55. The molecule has 1 aromatic rings. The summed E-state index contributed by atoms with van der Waals surface area (Å²) < 4.78 is 0. The van der Waals surface area contributed by atoms with Gasteiger partial charge in [0.05, 0.1) is 11.9 Å². The van der Waals surface area contributed by atoms with Gasteiger partial charge in [0.1, 0.15) is 6.34 Å². The number of fused-ring (bicyclic) bond motifs is 4. The quantitative estimate of drug-likeness (QED) is 0.646. The van der Waals surface area contributed by atoms with Crippen LogP contribution in [0.15, 0.2) is 33.2 Å². The second-order valence-electron chi connectivity index (χ2n) is 4.45. The highest BCUT2D eigenvalue weighted by atomic mass is 16.1. The van der Waals surface area contributed by atoms with Crippen LogP contribution in [0.1, 0.15) is 22.3 Å². The summed E-state index contributed by atoms with van der Waals surface area (Å²) in [5.74, 6) is 0.903. The van der Waals surface area contributed by atoms with E-state index in [9.17, 15) is 4.79 Å². The average Bonchev–Trinajstić information content (AvgIpc) is 2.77. The second kappa shape index (κ2) is 3.32. The van der Waals surface area contributed by atoms with Gasteiger partial charge in [-0.3, -0.25) is 9.79 Å². The molecule has 1 aliphatic carbocycles. The molecule has 1 aromatic carbocycles. The van der Waals surface area contributed by atoms with Crippen LogP contribution in [-0.2, 0) is 0 Å². The van der Waals surface area contributed by atoms with Crippen LogP contribution in [0.4, 0.5) is 0 Å². The van der Waals surface area contributed by atoms with E-state index in [1.807, 2.05) is 24.3 Å². The van der Waals surface area contributed by atoms with Gasteiger partial charge >= 0.3 is 0 Å². The molecule has 0 bridgehead atoms. The third-order valence-corrected chi connectivity index (χ3v) is 3.42. The van der Waals surface area contributed by atoms with E-state index < -0.39 is 0 Å². The molecular formula is C14H9N3O. The Kier molecular flexibility index (Phi) is 1.78. The largest absolute Gasteiger partial charge is 0.294 e. The Labute approximate surface area is 103 Å². The highest BCUT2D eigenvalue weighted by molar-refractivity contribution is 6.23. The van der Waals surface area contributed by atoms with Crippen molar-refractivity contribution in [3.05, 3.63) is 39.9 Å². The average molecular weight is 235 g/mol. The van der Waals surface area contributed by atoms with Gasteiger partial charge in [-0.25, -0.2) is 9.98 Å². The number of ketones is 1. The predicted molar refractivity (Wildman–Crippen MR) is 69.4 cm³/mol. The van der Waals surface area contributed by atoms with Crippen LogP contribution >= 0.6 is 0 Å². The van der Waals surface area contributed by atoms with Crippen LogP contribution < -0.4 is 10.6 Å². The molecule has 0 unspecified atom stereocenters. The van der Waals surface area contributed by atoms with Gasteiger partial charge in [0.2, 0.25) is 0 Å². The number of hydrogen-bond donors (Lipinski definition) is 0. The summed E-state index contributed by atoms with van der Waals surface area (Å²) in [6, 6.07) is 3.77. The third-order valence-electron chi connectivity index (χ3n) is 3.42. The zero-order chi connectivity index (χ0) is 12.1. The molecule has 86 valence electrons. The first-order chi connectivity index (χ1) is 8.84. The smallest absolute Gasteiger partial charge is 0.167 e. The van der Waals surface area contributed by atoms with Crippen molar-refractivity contribution in [2.75, 3.05) is 6.54 Å². The summed E-state index contributed by atoms with van der Waals surface area (Å²) >= 11 is 0. The maximum Gasteiger partial charge on any atom is 0.167 e. The Balaban J connectivity index is 2.18. The lowest BCUT2D eigenvalue weighted by molar-refractivity contribution is 0.0994. The monoisotopic (exact) mass is 235 g/mol. The molecule has 0 spiro atoms. The van der Waals surface area contributed by atoms with Gasteiger partial charge in [-0.15, -0.1) is 0 Å². The molecule has 0 saturated heterocycles. The van der Waals surface area contributed by atoms with Crippen molar-refractivity contribution in [1.29, 1.82) is 0 Å². The number of benzene rings is 1. The van der Waals surface area contributed by atoms with Crippen molar-refractivity contribution in [3.63, 3.8) is 0 Å². The van der Waals surface area contributed by atoms with E-state index in [0.717, 1.165) is 33.1 Å². The van der Waals surface area contributed by atoms with Gasteiger partial charge in [0, 0.05) is 22.8 Å². The van der Waals surface area contributed by atoms with Crippen molar-refractivity contribution in [2.24, 2.45) is 15.0 Å². The molecule has 2 heterocycles. The standard InChI is InChI=1S/C14H9N3O/c18-12-3-1-2-9-8(12)4-5-11-13(9)10-6-15-7-16-14(10)17-11/h1-2,4-5,7H,3,6H2. The van der Waals surface area contributed by atoms with Gasteiger partial charge < -0.3 is 0 Å². The molecule has 2 aliphatic heterocycles. The number of amidine groups is 1. The molecule has 4 heteroatoms. The fraction of sp³-hybridized carbons (Fsp3) is 0.143. The van der Waals surface area contributed by atoms with Gasteiger partial charge in [-0.2, -0.15) is 0 Å². The number of Topliss-reactive ketones (excluding diaryl/α,β-unsaturated/α-hetero) is 1. The first-order valence-electron chi connectivity index (χ1n) is 5.86. The number of rotatable bonds is 0. The number of hydrogen-bond acceptors (Lipinski definition) is 4. The van der Waals surface area contributed by atoms with Crippen molar-refractivity contribution >= 4 is 29.6 Å². The Hall–Kier alpha value is -2.36. The second-order valence-corrected chi connectivity index (χ2v) is 4.45. The third kappa shape index (κ3) is 1.14. The number of nitrogens with zero attached hydrogens (tertiary/aromatic N) is 3. The van der Waals surface area contributed by atoms with Crippen LogP contribution in [0.2, 0.25) is 0 Å². The van der Waals surface area contributed by atoms with E-state index in [4.69, 9.17) is 0 Å². The van der Waals surface area contributed by atoms with Crippen molar-refractivity contribution < 1.29 is 4.79 Å². The summed E-state index contributed by atoms with van der Waals surface area (Å²) in [4.78, 5) is 24.7. The molecule has 4 rings (SSSR count). The van der Waals surface area contributed by atoms with Gasteiger partial charge in [-0.1, -0.05) is 12.2 Å². The molecule has 0 fully saturated rings. The van der Waals surface area contributed by atoms with E-state index in [0.29, 0.717) is 13.0 Å². The molecule has 4 nitrogen and oxygen atoms in total. The molecule has 0 atom stereocenters. The van der Waals surface area contributed by atoms with Crippen molar-refractivity contribution in [3.8, 4) is 0 Å². The summed E-state index contributed by atoms with van der Waals surface area (Å²) in [7, 11) is 0. The summed E-state index contributed by atoms with van der Waals surface area (Å²) in [5.41, 5.74) is 2.79. The Morgan fingerprint density at radius 2 is 2.17 bits per heavy atom. The molecule has 3 aliphatic rings. The molecule has 0 amide bonds. The molecule has 18 heavy (non-hydrogen) atoms. The van der Waals surface area contributed by atoms with E-state index in [-0.39, 0.29) is 5.78 Å². The fourth-order valence-electron chi connectivity index (χ4n) is 2.61. The van der Waals surface area contributed by atoms with Crippen LogP contribution in [0.5, 0.6) is 0 Å². The maximum absolute atomic E-state index is 11.9. The van der Waals surface area contributed by atoms with E-state index >= 15 is 0 Å². The highest BCUT2D eigenvalue weighted by Gasteiger charge is 2.22. The lowest BCUT2D eigenvalue weighted by atomic mass is 9.93. The topological polar surface area (TPSA) is 54.1 Å². The van der Waals surface area contributed by atoms with Crippen LogP contribution in [-0.4, -0.2) is 24.5 Å². The molecule has 0 aromatic heterocycles. The molecule has 0 saturated carbocycles. The van der Waals surface area contributed by atoms with Crippen LogP contribution in [0, 0.1) is 0 Å². The maximum atomic E-state index is 11.9. The Morgan fingerprint density at radius 1 is 1.22 bits per heavy atom. The Morgan fingerprint density at radius 3 is 3.11 bits per heavy atom. The number of carbonyl (C=O) groups excluding carboxylic acids is 1. The number of aliphatic imine (C=N–C) groups is 2. The first kappa shape index (κ1) is 9.65. The normalized spacial score (nSPS) is 19.0. The van der Waals surface area contributed by atoms with Crippen molar-refractivity contribution in [1.82, 2.24) is 0 Å². The van der Waals surface area contributed by atoms with E-state index in [2.05, 4.69) is 15.0 Å². The minimum atomic E-state index is 0.167. The van der Waals surface area contributed by atoms with E-state index in [1.165, 1.54) is 0 Å². The minimum Gasteiger partial charge on any atom is -0.294 e. The fourth-order valence-corrected chi connectivity index (χ4v) is 2.61.